The molecule has 82 valence electrons. The van der Waals surface area contributed by atoms with Gasteiger partial charge in [0, 0.05) is 10.0 Å². The van der Waals surface area contributed by atoms with Crippen LogP contribution in [0.2, 0.25) is 0 Å². The zero-order valence-electron chi connectivity index (χ0n) is 7.81. The van der Waals surface area contributed by atoms with Crippen LogP contribution in [0, 0.1) is 0 Å². The summed E-state index contributed by atoms with van der Waals surface area (Å²) in [6.07, 6.45) is -2.52. The topological polar surface area (TPSA) is 17.1 Å². The van der Waals surface area contributed by atoms with Gasteiger partial charge in [-0.15, -0.1) is 0 Å². The summed E-state index contributed by atoms with van der Waals surface area (Å²) in [7, 11) is 0. The second-order valence-electron chi connectivity index (χ2n) is 3.05. The van der Waals surface area contributed by atoms with Gasteiger partial charge in [0.1, 0.15) is 5.78 Å². The van der Waals surface area contributed by atoms with Crippen LogP contribution in [0.25, 0.3) is 0 Å². The van der Waals surface area contributed by atoms with E-state index in [2.05, 4.69) is 31.9 Å². The van der Waals surface area contributed by atoms with Crippen LogP contribution in [0.3, 0.4) is 0 Å². The van der Waals surface area contributed by atoms with Crippen LogP contribution in [0.1, 0.15) is 29.3 Å². The van der Waals surface area contributed by atoms with E-state index >= 15 is 0 Å². The molecule has 0 amide bonds. The maximum absolute atomic E-state index is 12.4. The molecule has 1 atom stereocenters. The fourth-order valence-corrected chi connectivity index (χ4v) is 2.27. The average Bonchev–Trinajstić information content (AvgIpc) is 2.16. The largest absolute Gasteiger partial charge is 0.298 e. The lowest BCUT2D eigenvalue weighted by atomic mass is 10.1. The van der Waals surface area contributed by atoms with E-state index in [1.54, 1.807) is 0 Å². The summed E-state index contributed by atoms with van der Waals surface area (Å²) in [6.45, 7) is 1.40. The minimum Gasteiger partial charge on any atom is -0.298 e. The maximum Gasteiger partial charge on any atom is 0.263 e. The number of carbonyl (C=O) groups is 1. The number of ketones is 1. The quantitative estimate of drug-likeness (QED) is 0.744. The van der Waals surface area contributed by atoms with Gasteiger partial charge in [-0.05, 0) is 24.6 Å². The van der Waals surface area contributed by atoms with Crippen molar-refractivity contribution in [3.05, 3.63) is 33.8 Å². The molecule has 1 nitrogen and oxygen atoms in total. The molecule has 0 bridgehead atoms. The van der Waals surface area contributed by atoms with Crippen LogP contribution in [0.5, 0.6) is 0 Å². The number of hydrogen-bond donors (Lipinski definition) is 0. The second kappa shape index (κ2) is 5.16. The van der Waals surface area contributed by atoms with Gasteiger partial charge in [-0.3, -0.25) is 4.79 Å². The Morgan fingerprint density at radius 1 is 1.40 bits per heavy atom. The molecule has 0 spiro atoms. The van der Waals surface area contributed by atoms with Gasteiger partial charge >= 0.3 is 0 Å². The second-order valence-corrected chi connectivity index (χ2v) is 4.82. The average molecular weight is 342 g/mol. The van der Waals surface area contributed by atoms with Crippen LogP contribution in [0.15, 0.2) is 22.7 Å². The molecule has 1 rings (SSSR count). The number of hydrogen-bond acceptors (Lipinski definition) is 1. The number of carbonyl (C=O) groups excluding carboxylic acids is 1. The van der Waals surface area contributed by atoms with Gasteiger partial charge in [0.2, 0.25) is 0 Å². The standard InChI is InChI=1S/C10H8Br2F2O/c1-5(15)9(12)7-4-6(10(13)14)2-3-8(7)11/h2-4,9-10H,1H3. The number of Topliss-reactive ketones (excluding diaryl/α,β-unsaturated/α-hetero) is 1. The van der Waals surface area contributed by atoms with Crippen LogP contribution in [-0.4, -0.2) is 5.78 Å². The van der Waals surface area contributed by atoms with Crippen molar-refractivity contribution >= 4 is 37.6 Å². The van der Waals surface area contributed by atoms with E-state index < -0.39 is 11.3 Å². The first-order valence-corrected chi connectivity index (χ1v) is 5.86. The van der Waals surface area contributed by atoms with Crippen molar-refractivity contribution in [3.8, 4) is 0 Å². The van der Waals surface area contributed by atoms with Crippen molar-refractivity contribution in [1.29, 1.82) is 0 Å². The van der Waals surface area contributed by atoms with Gasteiger partial charge in [0.05, 0.1) is 4.83 Å². The van der Waals surface area contributed by atoms with E-state index in [-0.39, 0.29) is 11.3 Å². The molecule has 0 fully saturated rings. The first-order valence-electron chi connectivity index (χ1n) is 4.15. The maximum atomic E-state index is 12.4. The smallest absolute Gasteiger partial charge is 0.263 e. The lowest BCUT2D eigenvalue weighted by Crippen LogP contribution is -2.02. The number of benzene rings is 1. The van der Waals surface area contributed by atoms with E-state index in [1.165, 1.54) is 25.1 Å². The monoisotopic (exact) mass is 340 g/mol. The Hall–Kier alpha value is -0.290. The molecule has 1 aromatic carbocycles. The minimum absolute atomic E-state index is 0.0844. The first-order chi connectivity index (χ1) is 6.93. The van der Waals surface area contributed by atoms with E-state index in [4.69, 9.17) is 0 Å². The Morgan fingerprint density at radius 2 is 2.00 bits per heavy atom. The molecular weight excluding hydrogens is 334 g/mol. The van der Waals surface area contributed by atoms with Gasteiger partial charge in [-0.2, -0.15) is 0 Å². The van der Waals surface area contributed by atoms with Crippen molar-refractivity contribution in [1.82, 2.24) is 0 Å². The lowest BCUT2D eigenvalue weighted by Gasteiger charge is -2.10. The van der Waals surface area contributed by atoms with E-state index in [9.17, 15) is 13.6 Å². The number of alkyl halides is 3. The zero-order chi connectivity index (χ0) is 11.6. The minimum atomic E-state index is -2.52. The normalized spacial score (nSPS) is 12.9. The summed E-state index contributed by atoms with van der Waals surface area (Å²) in [5.41, 5.74) is 0.444. The van der Waals surface area contributed by atoms with E-state index in [1.807, 2.05) is 0 Å². The molecule has 1 unspecified atom stereocenters. The molecule has 0 saturated carbocycles. The van der Waals surface area contributed by atoms with Crippen molar-refractivity contribution in [2.45, 2.75) is 18.2 Å². The van der Waals surface area contributed by atoms with Gasteiger partial charge in [0.25, 0.3) is 6.43 Å². The van der Waals surface area contributed by atoms with Crippen molar-refractivity contribution in [3.63, 3.8) is 0 Å². The Kier molecular flexibility index (Phi) is 4.40. The molecule has 15 heavy (non-hydrogen) atoms. The molecule has 0 aliphatic carbocycles. The zero-order valence-corrected chi connectivity index (χ0v) is 11.0. The van der Waals surface area contributed by atoms with Crippen molar-refractivity contribution in [2.24, 2.45) is 0 Å². The van der Waals surface area contributed by atoms with Crippen LogP contribution in [0.4, 0.5) is 8.78 Å². The summed E-state index contributed by atoms with van der Waals surface area (Å²) in [4.78, 5) is 10.6. The predicted octanol–water partition coefficient (Wildman–Crippen LogP) is 4.41. The van der Waals surface area contributed by atoms with Crippen LogP contribution in [-0.2, 0) is 4.79 Å². The summed E-state index contributed by atoms with van der Waals surface area (Å²) in [5, 5.41) is 0. The summed E-state index contributed by atoms with van der Waals surface area (Å²) < 4.78 is 25.5. The highest BCUT2D eigenvalue weighted by Gasteiger charge is 2.18. The lowest BCUT2D eigenvalue weighted by molar-refractivity contribution is -0.116. The highest BCUT2D eigenvalue weighted by Crippen LogP contribution is 2.33. The van der Waals surface area contributed by atoms with Crippen LogP contribution < -0.4 is 0 Å². The third-order valence-corrected chi connectivity index (χ3v) is 3.76. The Labute approximate surface area is 103 Å². The molecule has 0 saturated heterocycles. The van der Waals surface area contributed by atoms with Gasteiger partial charge < -0.3 is 0 Å². The highest BCUT2D eigenvalue weighted by atomic mass is 79.9. The summed E-state index contributed by atoms with van der Waals surface area (Å²) in [5.74, 6) is -0.123. The third-order valence-electron chi connectivity index (χ3n) is 1.90. The molecule has 0 radical (unpaired) electrons. The highest BCUT2D eigenvalue weighted by molar-refractivity contribution is 9.11. The van der Waals surface area contributed by atoms with Gasteiger partial charge in [-0.1, -0.05) is 37.9 Å². The van der Waals surface area contributed by atoms with Gasteiger partial charge in [-0.25, -0.2) is 8.78 Å². The van der Waals surface area contributed by atoms with E-state index in [0.717, 1.165) is 0 Å². The van der Waals surface area contributed by atoms with Crippen molar-refractivity contribution in [2.75, 3.05) is 0 Å². The molecule has 0 N–H and O–H groups in total. The molecule has 5 heteroatoms. The molecule has 0 aliphatic rings. The Balaban J connectivity index is 3.16. The third kappa shape index (κ3) is 3.08. The predicted molar refractivity (Wildman–Crippen MR) is 61.4 cm³/mol. The molecule has 0 aromatic heterocycles. The Bertz CT molecular complexity index is 380. The first kappa shape index (κ1) is 12.8. The Morgan fingerprint density at radius 3 is 2.47 bits per heavy atom. The molecule has 0 heterocycles. The van der Waals surface area contributed by atoms with E-state index in [0.29, 0.717) is 10.0 Å². The molecule has 1 aromatic rings. The van der Waals surface area contributed by atoms with Gasteiger partial charge in [0.15, 0.2) is 0 Å². The summed E-state index contributed by atoms with van der Waals surface area (Å²) >= 11 is 6.38. The molecular formula is C10H8Br2F2O. The van der Waals surface area contributed by atoms with Crippen LogP contribution >= 0.6 is 31.9 Å². The number of rotatable bonds is 3. The van der Waals surface area contributed by atoms with Crippen molar-refractivity contribution < 1.29 is 13.6 Å². The number of halogens is 4. The summed E-state index contributed by atoms with van der Waals surface area (Å²) in [6, 6.07) is 4.18. The fourth-order valence-electron chi connectivity index (χ4n) is 1.11. The molecule has 0 aliphatic heterocycles. The SMILES string of the molecule is CC(=O)C(Br)c1cc(C(F)F)ccc1Br. The fraction of sp³-hybridized carbons (Fsp3) is 0.300.